The van der Waals surface area contributed by atoms with Crippen LogP contribution >= 0.6 is 0 Å². The zero-order valence-corrected chi connectivity index (χ0v) is 15.9. The molecule has 1 fully saturated rings. The van der Waals surface area contributed by atoms with Crippen molar-refractivity contribution in [2.75, 3.05) is 36.5 Å². The molecule has 0 saturated carbocycles. The van der Waals surface area contributed by atoms with Gasteiger partial charge in [-0.05, 0) is 43.2 Å². The average Bonchev–Trinajstić information content (AvgIpc) is 3.46. The fourth-order valence-electron chi connectivity index (χ4n) is 4.35. The predicted octanol–water partition coefficient (Wildman–Crippen LogP) is 3.48. The number of fused-ring (bicyclic) bond motifs is 2. The number of nitrogens with one attached hydrogen (secondary N) is 2. The molecule has 146 valence electrons. The van der Waals surface area contributed by atoms with E-state index in [0.717, 1.165) is 54.2 Å². The third-order valence-electron chi connectivity index (χ3n) is 5.78. The van der Waals surface area contributed by atoms with Gasteiger partial charge in [-0.3, -0.25) is 0 Å². The summed E-state index contributed by atoms with van der Waals surface area (Å²) in [4.78, 5) is 14.8. The molecule has 3 aliphatic rings. The molecule has 2 amide bonds. The number of carbonyl (C=O) groups is 1. The quantitative estimate of drug-likeness (QED) is 0.854. The summed E-state index contributed by atoms with van der Waals surface area (Å²) >= 11 is 0. The number of urea groups is 1. The van der Waals surface area contributed by atoms with Crippen molar-refractivity contribution in [1.82, 2.24) is 5.32 Å². The Morgan fingerprint density at radius 1 is 1.04 bits per heavy atom. The Kier molecular flexibility index (Phi) is 4.47. The fourth-order valence-corrected chi connectivity index (χ4v) is 4.35. The molecule has 0 spiro atoms. The Labute approximate surface area is 164 Å². The smallest absolute Gasteiger partial charge is 0.319 e. The van der Waals surface area contributed by atoms with Gasteiger partial charge in [-0.15, -0.1) is 0 Å². The van der Waals surface area contributed by atoms with Crippen molar-refractivity contribution in [2.45, 2.75) is 32.2 Å². The first-order chi connectivity index (χ1) is 13.8. The normalized spacial score (nSPS) is 16.9. The Hall–Kier alpha value is -2.89. The molecule has 2 aromatic carbocycles. The number of benzene rings is 2. The van der Waals surface area contributed by atoms with Gasteiger partial charge in [0.25, 0.3) is 0 Å². The number of amides is 2. The van der Waals surface area contributed by atoms with Gasteiger partial charge in [0.15, 0.2) is 0 Å². The van der Waals surface area contributed by atoms with Crippen LogP contribution < -0.4 is 25.0 Å². The van der Waals surface area contributed by atoms with E-state index in [1.54, 1.807) is 0 Å². The van der Waals surface area contributed by atoms with E-state index in [9.17, 15) is 4.79 Å². The Morgan fingerprint density at radius 3 is 2.64 bits per heavy atom. The average molecular weight is 379 g/mol. The van der Waals surface area contributed by atoms with Gasteiger partial charge in [-0.25, -0.2) is 4.79 Å². The van der Waals surface area contributed by atoms with Crippen molar-refractivity contribution in [3.8, 4) is 11.5 Å². The second-order valence-corrected chi connectivity index (χ2v) is 7.57. The van der Waals surface area contributed by atoms with E-state index >= 15 is 0 Å². The van der Waals surface area contributed by atoms with Crippen molar-refractivity contribution in [1.29, 1.82) is 0 Å². The molecule has 0 aliphatic carbocycles. The van der Waals surface area contributed by atoms with Crippen molar-refractivity contribution in [2.24, 2.45) is 0 Å². The van der Waals surface area contributed by atoms with Crippen molar-refractivity contribution in [3.05, 3.63) is 47.0 Å². The maximum absolute atomic E-state index is 12.4. The van der Waals surface area contributed by atoms with Crippen LogP contribution in [-0.4, -0.2) is 32.3 Å². The molecule has 1 saturated heterocycles. The minimum Gasteiger partial charge on any atom is -0.493 e. The third-order valence-corrected chi connectivity index (χ3v) is 5.78. The molecule has 0 unspecified atom stereocenters. The van der Waals surface area contributed by atoms with Crippen LogP contribution in [-0.2, 0) is 19.4 Å². The van der Waals surface area contributed by atoms with Crippen LogP contribution in [0.1, 0.15) is 29.5 Å². The highest BCUT2D eigenvalue weighted by molar-refractivity contribution is 5.89. The van der Waals surface area contributed by atoms with Gasteiger partial charge in [0.05, 0.1) is 13.2 Å². The molecule has 5 rings (SSSR count). The minimum absolute atomic E-state index is 0.211. The summed E-state index contributed by atoms with van der Waals surface area (Å²) in [5.74, 6) is 1.87. The SMILES string of the molecule is O=C(NCc1c2c(cc3c1OCC3)OCC2)Nc1ccc(N2CCCC2)cc1. The summed E-state index contributed by atoms with van der Waals surface area (Å²) in [7, 11) is 0. The highest BCUT2D eigenvalue weighted by Gasteiger charge is 2.26. The van der Waals surface area contributed by atoms with Gasteiger partial charge >= 0.3 is 6.03 Å². The highest BCUT2D eigenvalue weighted by Crippen LogP contribution is 2.40. The van der Waals surface area contributed by atoms with E-state index in [4.69, 9.17) is 9.47 Å². The summed E-state index contributed by atoms with van der Waals surface area (Å²) in [5.41, 5.74) is 5.41. The van der Waals surface area contributed by atoms with E-state index in [-0.39, 0.29) is 6.03 Å². The maximum Gasteiger partial charge on any atom is 0.319 e. The van der Waals surface area contributed by atoms with E-state index < -0.39 is 0 Å². The standard InChI is InChI=1S/C22H25N3O3/c26-22(24-16-3-5-17(6-4-16)25-9-1-2-10-25)23-14-19-18-8-12-27-20(18)13-15-7-11-28-21(15)19/h3-6,13H,1-2,7-12,14H2,(H2,23,24,26). The molecule has 3 aliphatic heterocycles. The Balaban J connectivity index is 1.24. The molecule has 0 radical (unpaired) electrons. The van der Waals surface area contributed by atoms with E-state index in [1.165, 1.54) is 24.1 Å². The monoisotopic (exact) mass is 379 g/mol. The zero-order chi connectivity index (χ0) is 18.9. The number of nitrogens with zero attached hydrogens (tertiary/aromatic N) is 1. The van der Waals surface area contributed by atoms with E-state index in [0.29, 0.717) is 19.8 Å². The lowest BCUT2D eigenvalue weighted by molar-refractivity contribution is 0.251. The largest absolute Gasteiger partial charge is 0.493 e. The number of hydrogen-bond acceptors (Lipinski definition) is 4. The molecule has 2 aromatic rings. The second-order valence-electron chi connectivity index (χ2n) is 7.57. The Bertz CT molecular complexity index is 857. The van der Waals surface area contributed by atoms with Crippen LogP contribution in [0.25, 0.3) is 0 Å². The Morgan fingerprint density at radius 2 is 1.82 bits per heavy atom. The van der Waals surface area contributed by atoms with Gasteiger partial charge in [-0.2, -0.15) is 0 Å². The van der Waals surface area contributed by atoms with Gasteiger partial charge < -0.3 is 25.0 Å². The minimum atomic E-state index is -0.211. The molecule has 0 atom stereocenters. The molecule has 0 bridgehead atoms. The van der Waals surface area contributed by atoms with Crippen molar-refractivity contribution < 1.29 is 14.3 Å². The summed E-state index contributed by atoms with van der Waals surface area (Å²) < 4.78 is 11.6. The number of rotatable bonds is 4. The maximum atomic E-state index is 12.4. The molecule has 2 N–H and O–H groups in total. The summed E-state index contributed by atoms with van der Waals surface area (Å²) in [6.07, 6.45) is 4.27. The highest BCUT2D eigenvalue weighted by atomic mass is 16.5. The van der Waals surface area contributed by atoms with Crippen molar-refractivity contribution >= 4 is 17.4 Å². The van der Waals surface area contributed by atoms with Crippen molar-refractivity contribution in [3.63, 3.8) is 0 Å². The first kappa shape index (κ1) is 17.2. The summed E-state index contributed by atoms with van der Waals surface area (Å²) in [5, 5.41) is 5.91. The number of anilines is 2. The lowest BCUT2D eigenvalue weighted by atomic mass is 9.99. The molecular formula is C22H25N3O3. The van der Waals surface area contributed by atoms with Gasteiger partial charge in [0.2, 0.25) is 0 Å². The van der Waals surface area contributed by atoms with E-state index in [1.807, 2.05) is 12.1 Å². The zero-order valence-electron chi connectivity index (χ0n) is 15.9. The van der Waals surface area contributed by atoms with Crippen LogP contribution in [0.15, 0.2) is 30.3 Å². The van der Waals surface area contributed by atoms with Gasteiger partial charge in [0.1, 0.15) is 11.5 Å². The lowest BCUT2D eigenvalue weighted by Gasteiger charge is -2.18. The molecular weight excluding hydrogens is 354 g/mol. The van der Waals surface area contributed by atoms with Crippen LogP contribution in [0.4, 0.5) is 16.2 Å². The number of ether oxygens (including phenoxy) is 2. The number of hydrogen-bond donors (Lipinski definition) is 2. The molecule has 0 aromatic heterocycles. The second kappa shape index (κ2) is 7.26. The lowest BCUT2D eigenvalue weighted by Crippen LogP contribution is -2.28. The summed E-state index contributed by atoms with van der Waals surface area (Å²) in [6.45, 7) is 4.06. The third kappa shape index (κ3) is 3.23. The first-order valence-corrected chi connectivity index (χ1v) is 10.1. The molecule has 6 nitrogen and oxygen atoms in total. The number of carbonyl (C=O) groups excluding carboxylic acids is 1. The van der Waals surface area contributed by atoms with Gasteiger partial charge in [-0.1, -0.05) is 0 Å². The van der Waals surface area contributed by atoms with Gasteiger partial charge in [0, 0.05) is 60.5 Å². The van der Waals surface area contributed by atoms with Crippen LogP contribution in [0.3, 0.4) is 0 Å². The van der Waals surface area contributed by atoms with Crippen LogP contribution in [0, 0.1) is 0 Å². The van der Waals surface area contributed by atoms with E-state index in [2.05, 4.69) is 33.7 Å². The first-order valence-electron chi connectivity index (χ1n) is 10.1. The van der Waals surface area contributed by atoms with Crippen LogP contribution in [0.2, 0.25) is 0 Å². The fraction of sp³-hybridized carbons (Fsp3) is 0.409. The topological polar surface area (TPSA) is 62.8 Å². The molecule has 28 heavy (non-hydrogen) atoms. The molecule has 3 heterocycles. The molecule has 6 heteroatoms. The van der Waals surface area contributed by atoms with Crippen LogP contribution in [0.5, 0.6) is 11.5 Å². The predicted molar refractivity (Wildman–Crippen MR) is 109 cm³/mol. The summed E-state index contributed by atoms with van der Waals surface area (Å²) in [6, 6.07) is 9.95.